The average Bonchev–Trinajstić information content (AvgIpc) is 3.13. The van der Waals surface area contributed by atoms with E-state index in [0.717, 1.165) is 49.0 Å². The van der Waals surface area contributed by atoms with Gasteiger partial charge in [0.15, 0.2) is 11.6 Å². The lowest BCUT2D eigenvalue weighted by Crippen LogP contribution is -2.33. The Morgan fingerprint density at radius 1 is 1.18 bits per heavy atom. The van der Waals surface area contributed by atoms with Gasteiger partial charge in [-0.1, -0.05) is 13.8 Å². The molecule has 0 saturated carbocycles. The van der Waals surface area contributed by atoms with Crippen molar-refractivity contribution in [2.45, 2.75) is 51.2 Å². The molecule has 1 N–H and O–H groups in total. The highest BCUT2D eigenvalue weighted by Crippen LogP contribution is 2.30. The Kier molecular flexibility index (Phi) is 5.89. The van der Waals surface area contributed by atoms with E-state index in [1.54, 1.807) is 6.07 Å². The molecule has 0 radical (unpaired) electrons. The number of hydrogen-bond donors (Lipinski definition) is 1. The highest BCUT2D eigenvalue weighted by molar-refractivity contribution is 5.59. The number of nitrogens with zero attached hydrogens (tertiary/aromatic N) is 3. The molecule has 1 unspecified atom stereocenters. The van der Waals surface area contributed by atoms with E-state index >= 15 is 0 Å². The molecule has 0 spiro atoms. The van der Waals surface area contributed by atoms with Gasteiger partial charge in [0.25, 0.3) is 0 Å². The zero-order valence-corrected chi connectivity index (χ0v) is 16.5. The van der Waals surface area contributed by atoms with E-state index in [9.17, 15) is 4.79 Å². The Labute approximate surface area is 164 Å². The van der Waals surface area contributed by atoms with E-state index in [-0.39, 0.29) is 17.6 Å². The Morgan fingerprint density at radius 2 is 2.00 bits per heavy atom. The largest absolute Gasteiger partial charge is 0.381 e. The fourth-order valence-electron chi connectivity index (χ4n) is 3.79. The molecule has 2 saturated heterocycles. The standard InChI is InChI=1S/C20H28N4O4/c1-13(2)18-16(3-4-17(25)21-18)20-22-19(14-5-7-26-8-6-14)23-24(20)11-15-12-27-9-10-28-15/h3-4,13-15H,5-12H2,1-2H3,(H,21,25). The van der Waals surface area contributed by atoms with Crippen molar-refractivity contribution in [2.24, 2.45) is 0 Å². The second-order valence-corrected chi connectivity index (χ2v) is 7.73. The summed E-state index contributed by atoms with van der Waals surface area (Å²) in [5.41, 5.74) is 1.69. The first kappa shape index (κ1) is 19.3. The summed E-state index contributed by atoms with van der Waals surface area (Å²) in [6.07, 6.45) is 1.80. The molecule has 4 heterocycles. The summed E-state index contributed by atoms with van der Waals surface area (Å²) in [5, 5.41) is 4.85. The third-order valence-corrected chi connectivity index (χ3v) is 5.30. The van der Waals surface area contributed by atoms with Crippen LogP contribution in [0.5, 0.6) is 0 Å². The Hall–Kier alpha value is -2.03. The predicted molar refractivity (Wildman–Crippen MR) is 104 cm³/mol. The summed E-state index contributed by atoms with van der Waals surface area (Å²) < 4.78 is 18.8. The van der Waals surface area contributed by atoms with Crippen molar-refractivity contribution in [3.8, 4) is 11.4 Å². The van der Waals surface area contributed by atoms with Crippen LogP contribution in [0.2, 0.25) is 0 Å². The number of aromatic nitrogens is 4. The first-order valence-corrected chi connectivity index (χ1v) is 10.1. The van der Waals surface area contributed by atoms with Gasteiger partial charge in [-0.15, -0.1) is 0 Å². The van der Waals surface area contributed by atoms with Crippen LogP contribution in [0.4, 0.5) is 0 Å². The van der Waals surface area contributed by atoms with Crippen molar-refractivity contribution in [1.82, 2.24) is 19.7 Å². The zero-order chi connectivity index (χ0) is 19.5. The van der Waals surface area contributed by atoms with Gasteiger partial charge in [-0.25, -0.2) is 9.67 Å². The van der Waals surface area contributed by atoms with Crippen LogP contribution in [0.3, 0.4) is 0 Å². The van der Waals surface area contributed by atoms with Crippen molar-refractivity contribution in [3.05, 3.63) is 34.0 Å². The maximum absolute atomic E-state index is 11.9. The smallest absolute Gasteiger partial charge is 0.248 e. The van der Waals surface area contributed by atoms with Crippen LogP contribution in [0.1, 0.15) is 50.0 Å². The predicted octanol–water partition coefficient (Wildman–Crippen LogP) is 2.07. The number of nitrogens with one attached hydrogen (secondary N) is 1. The molecular weight excluding hydrogens is 360 g/mol. The minimum atomic E-state index is -0.104. The van der Waals surface area contributed by atoms with E-state index in [2.05, 4.69) is 18.8 Å². The molecule has 0 amide bonds. The van der Waals surface area contributed by atoms with Crippen LogP contribution in [0.25, 0.3) is 11.4 Å². The zero-order valence-electron chi connectivity index (χ0n) is 16.5. The number of pyridine rings is 1. The van der Waals surface area contributed by atoms with Gasteiger partial charge in [-0.05, 0) is 24.8 Å². The molecule has 2 aromatic rings. The van der Waals surface area contributed by atoms with Crippen molar-refractivity contribution < 1.29 is 14.2 Å². The second kappa shape index (κ2) is 8.55. The third kappa shape index (κ3) is 4.19. The lowest BCUT2D eigenvalue weighted by Gasteiger charge is -2.23. The Bertz CT molecular complexity index is 848. The van der Waals surface area contributed by atoms with Crippen molar-refractivity contribution in [3.63, 3.8) is 0 Å². The van der Waals surface area contributed by atoms with Crippen molar-refractivity contribution in [1.29, 1.82) is 0 Å². The molecule has 28 heavy (non-hydrogen) atoms. The van der Waals surface area contributed by atoms with E-state index < -0.39 is 0 Å². The van der Waals surface area contributed by atoms with E-state index in [1.165, 1.54) is 0 Å². The Balaban J connectivity index is 1.73. The fraction of sp³-hybridized carbons (Fsp3) is 0.650. The quantitative estimate of drug-likeness (QED) is 0.843. The average molecular weight is 388 g/mol. The third-order valence-electron chi connectivity index (χ3n) is 5.30. The van der Waals surface area contributed by atoms with Crippen molar-refractivity contribution in [2.75, 3.05) is 33.0 Å². The minimum absolute atomic E-state index is 0.0537. The highest BCUT2D eigenvalue weighted by atomic mass is 16.6. The normalized spacial score (nSPS) is 21.3. The number of ether oxygens (including phenoxy) is 3. The molecule has 0 bridgehead atoms. The van der Waals surface area contributed by atoms with Gasteiger partial charge in [0.05, 0.1) is 26.4 Å². The first-order chi connectivity index (χ1) is 13.6. The molecule has 4 rings (SSSR count). The minimum Gasteiger partial charge on any atom is -0.381 e. The fourth-order valence-corrected chi connectivity index (χ4v) is 3.79. The summed E-state index contributed by atoms with van der Waals surface area (Å²) in [4.78, 5) is 19.8. The van der Waals surface area contributed by atoms with E-state index in [1.807, 2.05) is 10.7 Å². The van der Waals surface area contributed by atoms with E-state index in [0.29, 0.717) is 32.3 Å². The molecule has 0 aliphatic carbocycles. The van der Waals surface area contributed by atoms with Gasteiger partial charge < -0.3 is 19.2 Å². The maximum atomic E-state index is 11.9. The highest BCUT2D eigenvalue weighted by Gasteiger charge is 2.26. The molecule has 8 nitrogen and oxygen atoms in total. The van der Waals surface area contributed by atoms with Crippen LogP contribution in [0.15, 0.2) is 16.9 Å². The van der Waals surface area contributed by atoms with Crippen LogP contribution >= 0.6 is 0 Å². The molecular formula is C20H28N4O4. The molecule has 8 heteroatoms. The van der Waals surface area contributed by atoms with Gasteiger partial charge in [-0.2, -0.15) is 5.10 Å². The van der Waals surface area contributed by atoms with Gasteiger partial charge in [0.1, 0.15) is 6.10 Å². The topological polar surface area (TPSA) is 91.3 Å². The molecule has 2 aliphatic heterocycles. The Morgan fingerprint density at radius 3 is 2.71 bits per heavy atom. The lowest BCUT2D eigenvalue weighted by atomic mass is 10.00. The summed E-state index contributed by atoms with van der Waals surface area (Å²) in [6.45, 7) is 7.95. The molecule has 0 aromatic carbocycles. The molecule has 2 aliphatic rings. The first-order valence-electron chi connectivity index (χ1n) is 10.1. The van der Waals surface area contributed by atoms with Gasteiger partial charge in [0.2, 0.25) is 5.56 Å². The monoisotopic (exact) mass is 388 g/mol. The summed E-state index contributed by atoms with van der Waals surface area (Å²) in [7, 11) is 0. The van der Waals surface area contributed by atoms with Gasteiger partial charge >= 0.3 is 0 Å². The van der Waals surface area contributed by atoms with Crippen LogP contribution in [-0.4, -0.2) is 58.9 Å². The second-order valence-electron chi connectivity index (χ2n) is 7.73. The SMILES string of the molecule is CC(C)c1[nH]c(=O)ccc1-c1nc(C2CCOCC2)nn1CC1COCCO1. The summed E-state index contributed by atoms with van der Waals surface area (Å²) in [6, 6.07) is 3.40. The number of rotatable bonds is 5. The van der Waals surface area contributed by atoms with Gasteiger partial charge in [0, 0.05) is 36.5 Å². The lowest BCUT2D eigenvalue weighted by molar-refractivity contribution is -0.0945. The van der Waals surface area contributed by atoms with Crippen LogP contribution in [-0.2, 0) is 20.8 Å². The molecule has 2 fully saturated rings. The molecule has 1 atom stereocenters. The number of H-pyrrole nitrogens is 1. The number of aromatic amines is 1. The van der Waals surface area contributed by atoms with Crippen LogP contribution < -0.4 is 5.56 Å². The molecule has 2 aromatic heterocycles. The molecule has 152 valence electrons. The summed E-state index contributed by atoms with van der Waals surface area (Å²) in [5.74, 6) is 2.07. The van der Waals surface area contributed by atoms with Gasteiger partial charge in [-0.3, -0.25) is 4.79 Å². The summed E-state index contributed by atoms with van der Waals surface area (Å²) >= 11 is 0. The maximum Gasteiger partial charge on any atom is 0.248 e. The number of hydrogen-bond acceptors (Lipinski definition) is 6. The van der Waals surface area contributed by atoms with Crippen LogP contribution in [0, 0.1) is 0 Å². The van der Waals surface area contributed by atoms with E-state index in [4.69, 9.17) is 24.3 Å². The van der Waals surface area contributed by atoms with Crippen molar-refractivity contribution >= 4 is 0 Å².